The molecule has 4 heteroatoms. The largest absolute Gasteiger partial charge is 0.369 e. The van der Waals surface area contributed by atoms with Gasteiger partial charge in [0.2, 0.25) is 0 Å². The molecule has 0 atom stereocenters. The maximum absolute atomic E-state index is 13.0. The minimum Gasteiger partial charge on any atom is -0.369 e. The molecule has 118 valence electrons. The molecule has 0 spiro atoms. The van der Waals surface area contributed by atoms with Crippen molar-refractivity contribution in [3.05, 3.63) is 30.1 Å². The van der Waals surface area contributed by atoms with E-state index in [-0.39, 0.29) is 5.82 Å². The van der Waals surface area contributed by atoms with E-state index in [0.717, 1.165) is 37.2 Å². The van der Waals surface area contributed by atoms with Gasteiger partial charge in [-0.25, -0.2) is 4.39 Å². The van der Waals surface area contributed by atoms with Crippen LogP contribution in [0.5, 0.6) is 0 Å². The second kappa shape index (κ2) is 7.59. The normalized spacial score (nSPS) is 17.2. The third-order valence-corrected chi connectivity index (χ3v) is 6.10. The highest BCUT2D eigenvalue weighted by molar-refractivity contribution is 9.09. The van der Waals surface area contributed by atoms with Crippen LogP contribution in [0.15, 0.2) is 24.3 Å². The molecule has 1 heterocycles. The van der Waals surface area contributed by atoms with Crippen molar-refractivity contribution in [1.82, 2.24) is 4.90 Å². The number of benzene rings is 1. The van der Waals surface area contributed by atoms with Gasteiger partial charge < -0.3 is 4.90 Å². The van der Waals surface area contributed by atoms with Crippen LogP contribution < -0.4 is 4.90 Å². The predicted octanol–water partition coefficient (Wildman–Crippen LogP) is 4.15. The fraction of sp³-hybridized carbons (Fsp3) is 0.647. The summed E-state index contributed by atoms with van der Waals surface area (Å²) in [5.41, 5.74) is 1.53. The molecule has 0 aromatic heterocycles. The van der Waals surface area contributed by atoms with Gasteiger partial charge in [0.15, 0.2) is 0 Å². The zero-order valence-electron chi connectivity index (χ0n) is 13.1. The summed E-state index contributed by atoms with van der Waals surface area (Å²) in [6.07, 6.45) is 2.43. The first-order chi connectivity index (χ1) is 10.1. The van der Waals surface area contributed by atoms with Crippen LogP contribution >= 0.6 is 15.9 Å². The number of hydrogen-bond donors (Lipinski definition) is 0. The molecule has 0 saturated carbocycles. The summed E-state index contributed by atoms with van der Waals surface area (Å²) < 4.78 is 13.0. The standard InChI is InChI=1S/C17H26BrFN2/c1-3-17(4-2,13-18)14-20-9-11-21(12-10-20)16-7-5-15(19)6-8-16/h5-8H,3-4,9-14H2,1-2H3. The Kier molecular flexibility index (Phi) is 6.06. The lowest BCUT2D eigenvalue weighted by Gasteiger charge is -2.41. The number of alkyl halides is 1. The number of anilines is 1. The smallest absolute Gasteiger partial charge is 0.123 e. The highest BCUT2D eigenvalue weighted by Crippen LogP contribution is 2.30. The lowest BCUT2D eigenvalue weighted by molar-refractivity contribution is 0.152. The van der Waals surface area contributed by atoms with E-state index in [0.29, 0.717) is 5.41 Å². The van der Waals surface area contributed by atoms with Crippen molar-refractivity contribution in [1.29, 1.82) is 0 Å². The SMILES string of the molecule is CCC(CC)(CBr)CN1CCN(c2ccc(F)cc2)CC1. The summed E-state index contributed by atoms with van der Waals surface area (Å²) in [7, 11) is 0. The van der Waals surface area contributed by atoms with Gasteiger partial charge >= 0.3 is 0 Å². The van der Waals surface area contributed by atoms with Gasteiger partial charge in [-0.2, -0.15) is 0 Å². The second-order valence-electron chi connectivity index (χ2n) is 6.08. The van der Waals surface area contributed by atoms with Crippen molar-refractivity contribution in [2.75, 3.05) is 43.0 Å². The Balaban J connectivity index is 1.89. The summed E-state index contributed by atoms with van der Waals surface area (Å²) in [6, 6.07) is 6.86. The molecular formula is C17H26BrFN2. The van der Waals surface area contributed by atoms with Crippen molar-refractivity contribution in [2.45, 2.75) is 26.7 Å². The van der Waals surface area contributed by atoms with Crippen LogP contribution in [0, 0.1) is 11.2 Å². The summed E-state index contributed by atoms with van der Waals surface area (Å²) in [5, 5.41) is 1.07. The number of halogens is 2. The van der Waals surface area contributed by atoms with E-state index in [1.807, 2.05) is 12.1 Å². The van der Waals surface area contributed by atoms with E-state index >= 15 is 0 Å². The Bertz CT molecular complexity index is 415. The van der Waals surface area contributed by atoms with Gasteiger partial charge in [0.1, 0.15) is 5.82 Å². The summed E-state index contributed by atoms with van der Waals surface area (Å²) in [5.74, 6) is -0.162. The molecular weight excluding hydrogens is 331 g/mol. The van der Waals surface area contributed by atoms with Gasteiger partial charge in [0.25, 0.3) is 0 Å². The topological polar surface area (TPSA) is 6.48 Å². The molecule has 1 saturated heterocycles. The van der Waals surface area contributed by atoms with Crippen LogP contribution in [0.2, 0.25) is 0 Å². The molecule has 1 fully saturated rings. The van der Waals surface area contributed by atoms with Crippen LogP contribution in [-0.2, 0) is 0 Å². The summed E-state index contributed by atoms with van der Waals surface area (Å²) in [6.45, 7) is 9.98. The number of piperazine rings is 1. The number of rotatable bonds is 6. The fourth-order valence-electron chi connectivity index (χ4n) is 3.00. The molecule has 0 N–H and O–H groups in total. The molecule has 0 bridgehead atoms. The molecule has 21 heavy (non-hydrogen) atoms. The molecule has 0 unspecified atom stereocenters. The summed E-state index contributed by atoms with van der Waals surface area (Å²) >= 11 is 3.70. The molecule has 1 aliphatic rings. The van der Waals surface area contributed by atoms with E-state index in [9.17, 15) is 4.39 Å². The maximum atomic E-state index is 13.0. The molecule has 2 nitrogen and oxygen atoms in total. The Morgan fingerprint density at radius 3 is 2.10 bits per heavy atom. The third kappa shape index (κ3) is 4.19. The lowest BCUT2D eigenvalue weighted by atomic mass is 9.84. The van der Waals surface area contributed by atoms with E-state index in [4.69, 9.17) is 0 Å². The van der Waals surface area contributed by atoms with Crippen LogP contribution in [0.4, 0.5) is 10.1 Å². The molecule has 1 aliphatic heterocycles. The quantitative estimate of drug-likeness (QED) is 0.706. The van der Waals surface area contributed by atoms with Crippen molar-refractivity contribution in [3.8, 4) is 0 Å². The average molecular weight is 357 g/mol. The van der Waals surface area contributed by atoms with Crippen LogP contribution in [0.25, 0.3) is 0 Å². The first kappa shape index (κ1) is 16.8. The Morgan fingerprint density at radius 2 is 1.62 bits per heavy atom. The Hall–Kier alpha value is -0.610. The zero-order valence-corrected chi connectivity index (χ0v) is 14.7. The fourth-order valence-corrected chi connectivity index (χ4v) is 3.97. The van der Waals surface area contributed by atoms with Gasteiger partial charge in [-0.15, -0.1) is 0 Å². The Labute approximate surface area is 136 Å². The minimum absolute atomic E-state index is 0.162. The van der Waals surface area contributed by atoms with Gasteiger partial charge in [0.05, 0.1) is 0 Å². The van der Waals surface area contributed by atoms with Gasteiger partial charge in [-0.05, 0) is 42.5 Å². The Morgan fingerprint density at radius 1 is 1.05 bits per heavy atom. The van der Waals surface area contributed by atoms with E-state index in [2.05, 4.69) is 39.6 Å². The predicted molar refractivity (Wildman–Crippen MR) is 91.9 cm³/mol. The first-order valence-corrected chi connectivity index (χ1v) is 9.03. The first-order valence-electron chi connectivity index (χ1n) is 7.91. The van der Waals surface area contributed by atoms with Gasteiger partial charge in [-0.3, -0.25) is 4.90 Å². The van der Waals surface area contributed by atoms with Gasteiger partial charge in [0, 0.05) is 43.7 Å². The molecule has 0 radical (unpaired) electrons. The zero-order chi connectivity index (χ0) is 15.3. The number of nitrogens with zero attached hydrogens (tertiary/aromatic N) is 2. The highest BCUT2D eigenvalue weighted by Gasteiger charge is 2.29. The number of hydrogen-bond acceptors (Lipinski definition) is 2. The minimum atomic E-state index is -0.162. The van der Waals surface area contributed by atoms with Crippen LogP contribution in [-0.4, -0.2) is 43.0 Å². The van der Waals surface area contributed by atoms with Crippen LogP contribution in [0.3, 0.4) is 0 Å². The molecule has 1 aromatic rings. The molecule has 0 aliphatic carbocycles. The van der Waals surface area contributed by atoms with Crippen LogP contribution in [0.1, 0.15) is 26.7 Å². The second-order valence-corrected chi connectivity index (χ2v) is 6.64. The molecule has 1 aromatic carbocycles. The lowest BCUT2D eigenvalue weighted by Crippen LogP contribution is -2.50. The highest BCUT2D eigenvalue weighted by atomic mass is 79.9. The van der Waals surface area contributed by atoms with Crippen molar-refractivity contribution >= 4 is 21.6 Å². The average Bonchev–Trinajstić information content (AvgIpc) is 2.54. The van der Waals surface area contributed by atoms with Crippen molar-refractivity contribution in [3.63, 3.8) is 0 Å². The van der Waals surface area contributed by atoms with Crippen molar-refractivity contribution < 1.29 is 4.39 Å². The van der Waals surface area contributed by atoms with Gasteiger partial charge in [-0.1, -0.05) is 29.8 Å². The molecule has 0 amide bonds. The molecule has 2 rings (SSSR count). The third-order valence-electron chi connectivity index (χ3n) is 4.91. The van der Waals surface area contributed by atoms with E-state index in [1.165, 1.54) is 19.4 Å². The maximum Gasteiger partial charge on any atom is 0.123 e. The van der Waals surface area contributed by atoms with Crippen molar-refractivity contribution in [2.24, 2.45) is 5.41 Å². The monoisotopic (exact) mass is 356 g/mol. The van der Waals surface area contributed by atoms with E-state index < -0.39 is 0 Å². The summed E-state index contributed by atoms with van der Waals surface area (Å²) in [4.78, 5) is 4.93. The van der Waals surface area contributed by atoms with E-state index in [1.54, 1.807) is 12.1 Å².